The van der Waals surface area contributed by atoms with E-state index < -0.39 is 0 Å². The van der Waals surface area contributed by atoms with E-state index in [0.29, 0.717) is 6.04 Å². The van der Waals surface area contributed by atoms with Crippen LogP contribution in [0.4, 0.5) is 0 Å². The van der Waals surface area contributed by atoms with Crippen LogP contribution in [-0.4, -0.2) is 6.04 Å². The Hall–Kier alpha value is 0.250. The van der Waals surface area contributed by atoms with Gasteiger partial charge in [-0.25, -0.2) is 4.84 Å². The van der Waals surface area contributed by atoms with Crippen LogP contribution in [0.25, 0.3) is 0 Å². The Labute approximate surface area is 60.9 Å². The first-order chi connectivity index (χ1) is 4.40. The summed E-state index contributed by atoms with van der Waals surface area (Å²) >= 11 is 5.55. The second kappa shape index (κ2) is 2.14. The molecule has 0 amide bonds. The second-order valence-corrected chi connectivity index (χ2v) is 3.61. The highest BCUT2D eigenvalue weighted by Crippen LogP contribution is 2.44. The molecule has 2 heteroatoms. The van der Waals surface area contributed by atoms with Gasteiger partial charge < -0.3 is 0 Å². The van der Waals surface area contributed by atoms with E-state index in [-0.39, 0.29) is 0 Å². The number of rotatable bonds is 1. The van der Waals surface area contributed by atoms with Gasteiger partial charge in [-0.05, 0) is 42.9 Å². The molecule has 2 rings (SSSR count). The number of fused-ring (bicyclic) bond motifs is 2. The van der Waals surface area contributed by atoms with E-state index in [1.807, 2.05) is 0 Å². The summed E-state index contributed by atoms with van der Waals surface area (Å²) in [7, 11) is 0. The zero-order chi connectivity index (χ0) is 6.27. The van der Waals surface area contributed by atoms with E-state index in [0.717, 1.165) is 11.8 Å². The maximum absolute atomic E-state index is 5.55. The average Bonchev–Trinajstić information content (AvgIpc) is 2.45. The summed E-state index contributed by atoms with van der Waals surface area (Å²) in [5.41, 5.74) is 0. The van der Waals surface area contributed by atoms with E-state index in [2.05, 4.69) is 4.84 Å². The lowest BCUT2D eigenvalue weighted by molar-refractivity contribution is 0.397. The standard InChI is InChI=1S/C7H12ClN/c8-9-7-4-5-1-2-6(7)3-5/h5-7,9H,1-4H2. The summed E-state index contributed by atoms with van der Waals surface area (Å²) in [6, 6.07) is 0.644. The van der Waals surface area contributed by atoms with Crippen molar-refractivity contribution in [1.29, 1.82) is 0 Å². The van der Waals surface area contributed by atoms with Crippen LogP contribution in [0.5, 0.6) is 0 Å². The molecule has 2 bridgehead atoms. The molecule has 1 N–H and O–H groups in total. The molecule has 9 heavy (non-hydrogen) atoms. The van der Waals surface area contributed by atoms with Crippen LogP contribution < -0.4 is 4.84 Å². The van der Waals surface area contributed by atoms with Crippen molar-refractivity contribution in [2.45, 2.75) is 31.7 Å². The third kappa shape index (κ3) is 0.870. The molecule has 1 nitrogen and oxygen atoms in total. The van der Waals surface area contributed by atoms with Crippen molar-refractivity contribution in [3.8, 4) is 0 Å². The van der Waals surface area contributed by atoms with E-state index in [1.54, 1.807) is 0 Å². The Morgan fingerprint density at radius 1 is 1.22 bits per heavy atom. The van der Waals surface area contributed by atoms with Crippen molar-refractivity contribution >= 4 is 11.8 Å². The average molecular weight is 146 g/mol. The van der Waals surface area contributed by atoms with E-state index in [1.165, 1.54) is 25.7 Å². The van der Waals surface area contributed by atoms with Gasteiger partial charge in [0.25, 0.3) is 0 Å². The third-order valence-electron chi connectivity index (χ3n) is 2.88. The lowest BCUT2D eigenvalue weighted by Gasteiger charge is -2.18. The first kappa shape index (κ1) is 5.99. The quantitative estimate of drug-likeness (QED) is 0.556. The molecular weight excluding hydrogens is 134 g/mol. The van der Waals surface area contributed by atoms with Gasteiger partial charge in [0, 0.05) is 6.04 Å². The van der Waals surface area contributed by atoms with Gasteiger partial charge in [0.15, 0.2) is 0 Å². The normalized spacial score (nSPS) is 48.3. The van der Waals surface area contributed by atoms with Crippen molar-refractivity contribution < 1.29 is 0 Å². The summed E-state index contributed by atoms with van der Waals surface area (Å²) in [5, 5.41) is 0. The zero-order valence-corrected chi connectivity index (χ0v) is 6.19. The van der Waals surface area contributed by atoms with Gasteiger partial charge in [0.1, 0.15) is 0 Å². The summed E-state index contributed by atoms with van der Waals surface area (Å²) in [4.78, 5) is 2.87. The van der Waals surface area contributed by atoms with Gasteiger partial charge >= 0.3 is 0 Å². The first-order valence-corrected chi connectivity index (χ1v) is 4.14. The Balaban J connectivity index is 2.01. The fourth-order valence-electron chi connectivity index (χ4n) is 2.38. The van der Waals surface area contributed by atoms with Crippen molar-refractivity contribution in [3.05, 3.63) is 0 Å². The minimum atomic E-state index is 0.644. The predicted molar refractivity (Wildman–Crippen MR) is 38.2 cm³/mol. The molecular formula is C7H12ClN. The Morgan fingerprint density at radius 2 is 2.11 bits per heavy atom. The highest BCUT2D eigenvalue weighted by molar-refractivity contribution is 6.13. The lowest BCUT2D eigenvalue weighted by Crippen LogP contribution is -2.26. The van der Waals surface area contributed by atoms with E-state index >= 15 is 0 Å². The van der Waals surface area contributed by atoms with Crippen LogP contribution in [0.2, 0.25) is 0 Å². The van der Waals surface area contributed by atoms with Crippen molar-refractivity contribution in [1.82, 2.24) is 4.84 Å². The Bertz CT molecular complexity index is 115. The molecule has 0 aromatic heterocycles. The smallest absolute Gasteiger partial charge is 0.0251 e. The molecule has 2 fully saturated rings. The SMILES string of the molecule is ClNC1CC2CCC1C2. The molecule has 0 aromatic carbocycles. The summed E-state index contributed by atoms with van der Waals surface area (Å²) < 4.78 is 0. The van der Waals surface area contributed by atoms with E-state index in [9.17, 15) is 0 Å². The number of hydrogen-bond donors (Lipinski definition) is 1. The number of nitrogens with one attached hydrogen (secondary N) is 1. The molecule has 2 aliphatic rings. The van der Waals surface area contributed by atoms with Crippen molar-refractivity contribution in [3.63, 3.8) is 0 Å². The summed E-state index contributed by atoms with van der Waals surface area (Å²) in [6.45, 7) is 0. The minimum Gasteiger partial charge on any atom is -0.230 e. The van der Waals surface area contributed by atoms with Gasteiger partial charge in [0.2, 0.25) is 0 Å². The molecule has 3 unspecified atom stereocenters. The minimum absolute atomic E-state index is 0.644. The maximum Gasteiger partial charge on any atom is 0.0251 e. The Morgan fingerprint density at radius 3 is 2.44 bits per heavy atom. The van der Waals surface area contributed by atoms with E-state index in [4.69, 9.17) is 11.8 Å². The molecule has 0 aliphatic heterocycles. The molecule has 0 spiro atoms. The molecule has 2 aliphatic carbocycles. The van der Waals surface area contributed by atoms with Gasteiger partial charge in [-0.3, -0.25) is 0 Å². The highest BCUT2D eigenvalue weighted by Gasteiger charge is 2.38. The van der Waals surface area contributed by atoms with Crippen LogP contribution in [0.15, 0.2) is 0 Å². The van der Waals surface area contributed by atoms with Crippen molar-refractivity contribution in [2.75, 3.05) is 0 Å². The molecule has 0 saturated heterocycles. The van der Waals surface area contributed by atoms with Gasteiger partial charge in [-0.15, -0.1) is 0 Å². The third-order valence-corrected chi connectivity index (χ3v) is 3.16. The van der Waals surface area contributed by atoms with Crippen LogP contribution >= 0.6 is 11.8 Å². The van der Waals surface area contributed by atoms with Crippen LogP contribution in [0.1, 0.15) is 25.7 Å². The molecule has 52 valence electrons. The molecule has 3 atom stereocenters. The van der Waals surface area contributed by atoms with Crippen LogP contribution in [-0.2, 0) is 0 Å². The van der Waals surface area contributed by atoms with Crippen LogP contribution in [0, 0.1) is 11.8 Å². The highest BCUT2D eigenvalue weighted by atomic mass is 35.5. The number of hydrogen-bond acceptors (Lipinski definition) is 1. The molecule has 2 saturated carbocycles. The van der Waals surface area contributed by atoms with Gasteiger partial charge in [-0.1, -0.05) is 6.42 Å². The fourth-order valence-corrected chi connectivity index (χ4v) is 2.65. The monoisotopic (exact) mass is 145 g/mol. The summed E-state index contributed by atoms with van der Waals surface area (Å²) in [5.74, 6) is 1.92. The largest absolute Gasteiger partial charge is 0.230 e. The number of halogens is 1. The van der Waals surface area contributed by atoms with Gasteiger partial charge in [0.05, 0.1) is 0 Å². The topological polar surface area (TPSA) is 12.0 Å². The predicted octanol–water partition coefficient (Wildman–Crippen LogP) is 1.92. The summed E-state index contributed by atoms with van der Waals surface area (Å²) in [6.07, 6.45) is 5.63. The lowest BCUT2D eigenvalue weighted by atomic mass is 9.96. The maximum atomic E-state index is 5.55. The van der Waals surface area contributed by atoms with Crippen LogP contribution in [0.3, 0.4) is 0 Å². The molecule has 0 aromatic rings. The van der Waals surface area contributed by atoms with Crippen molar-refractivity contribution in [2.24, 2.45) is 11.8 Å². The van der Waals surface area contributed by atoms with Gasteiger partial charge in [-0.2, -0.15) is 0 Å². The Kier molecular flexibility index (Phi) is 1.42. The fraction of sp³-hybridized carbons (Fsp3) is 1.00. The molecule has 0 heterocycles. The second-order valence-electron chi connectivity index (χ2n) is 3.39. The zero-order valence-electron chi connectivity index (χ0n) is 5.44. The molecule has 0 radical (unpaired) electrons. The first-order valence-electron chi connectivity index (χ1n) is 3.76.